The molecular formula is C24H21N3O2. The van der Waals surface area contributed by atoms with E-state index < -0.39 is 0 Å². The van der Waals surface area contributed by atoms with Crippen LogP contribution >= 0.6 is 0 Å². The van der Waals surface area contributed by atoms with E-state index in [2.05, 4.69) is 4.98 Å². The minimum Gasteiger partial charge on any atom is -0.309 e. The monoisotopic (exact) mass is 383 g/mol. The quantitative estimate of drug-likeness (QED) is 0.526. The van der Waals surface area contributed by atoms with Crippen molar-refractivity contribution in [3.8, 4) is 5.69 Å². The molecule has 0 atom stereocenters. The third kappa shape index (κ3) is 3.43. The van der Waals surface area contributed by atoms with Crippen LogP contribution in [-0.4, -0.2) is 22.0 Å². The van der Waals surface area contributed by atoms with Crippen LogP contribution in [0.15, 0.2) is 83.7 Å². The molecule has 5 heteroatoms. The van der Waals surface area contributed by atoms with E-state index in [-0.39, 0.29) is 11.5 Å². The summed E-state index contributed by atoms with van der Waals surface area (Å²) in [7, 11) is 0. The normalized spacial score (nSPS) is 10.8. The lowest BCUT2D eigenvalue weighted by molar-refractivity contribution is 0.0988. The molecule has 0 spiro atoms. The van der Waals surface area contributed by atoms with Crippen LogP contribution in [0.4, 0.5) is 5.69 Å². The molecule has 0 N–H and O–H groups in total. The Morgan fingerprint density at radius 2 is 1.59 bits per heavy atom. The van der Waals surface area contributed by atoms with Crippen molar-refractivity contribution in [2.45, 2.75) is 13.8 Å². The number of para-hydroxylation sites is 2. The minimum absolute atomic E-state index is 0.0778. The summed E-state index contributed by atoms with van der Waals surface area (Å²) < 4.78 is 1.57. The highest BCUT2D eigenvalue weighted by Crippen LogP contribution is 2.18. The summed E-state index contributed by atoms with van der Waals surface area (Å²) in [4.78, 5) is 32.2. The van der Waals surface area contributed by atoms with Crippen LogP contribution in [0.1, 0.15) is 23.1 Å². The smallest absolute Gasteiger partial charge is 0.265 e. The average molecular weight is 383 g/mol. The summed E-state index contributed by atoms with van der Waals surface area (Å²) >= 11 is 0. The topological polar surface area (TPSA) is 55.2 Å². The molecule has 4 aromatic rings. The van der Waals surface area contributed by atoms with E-state index in [1.807, 2.05) is 55.5 Å². The summed E-state index contributed by atoms with van der Waals surface area (Å²) in [5, 5.41) is 0.569. The maximum absolute atomic E-state index is 13.0. The van der Waals surface area contributed by atoms with Gasteiger partial charge in [0.25, 0.3) is 11.5 Å². The predicted octanol–water partition coefficient (Wildman–Crippen LogP) is 4.36. The zero-order valence-electron chi connectivity index (χ0n) is 16.4. The van der Waals surface area contributed by atoms with Crippen molar-refractivity contribution >= 4 is 22.5 Å². The Kier molecular flexibility index (Phi) is 4.96. The molecule has 0 fully saturated rings. The van der Waals surface area contributed by atoms with Gasteiger partial charge in [-0.2, -0.15) is 0 Å². The highest BCUT2D eigenvalue weighted by Gasteiger charge is 2.16. The minimum atomic E-state index is -0.119. The fourth-order valence-electron chi connectivity index (χ4n) is 3.51. The molecular weight excluding hydrogens is 362 g/mol. The van der Waals surface area contributed by atoms with E-state index in [9.17, 15) is 9.59 Å². The summed E-state index contributed by atoms with van der Waals surface area (Å²) in [6.07, 6.45) is 0. The standard InChI is InChI=1S/C24H21N3O2/c1-3-26(19-9-5-4-6-10-19)23(28)18-13-15-20(16-14-18)27-17(2)25-22-12-8-7-11-21(22)24(27)29/h4-16H,3H2,1-2H3. The van der Waals surface area contributed by atoms with Crippen molar-refractivity contribution in [2.75, 3.05) is 11.4 Å². The number of benzene rings is 3. The molecule has 0 aliphatic rings. The first-order valence-electron chi connectivity index (χ1n) is 9.56. The van der Waals surface area contributed by atoms with Crippen LogP contribution in [0.5, 0.6) is 0 Å². The number of rotatable bonds is 4. The zero-order valence-corrected chi connectivity index (χ0v) is 16.4. The number of anilines is 1. The molecule has 144 valence electrons. The summed E-state index contributed by atoms with van der Waals surface area (Å²) in [6.45, 7) is 4.32. The summed E-state index contributed by atoms with van der Waals surface area (Å²) in [5.41, 5.74) is 2.67. The number of amides is 1. The van der Waals surface area contributed by atoms with Gasteiger partial charge in [0.05, 0.1) is 16.6 Å². The first kappa shape index (κ1) is 18.6. The summed E-state index contributed by atoms with van der Waals surface area (Å²) in [5.74, 6) is 0.526. The van der Waals surface area contributed by atoms with Gasteiger partial charge in [0.2, 0.25) is 0 Å². The van der Waals surface area contributed by atoms with Crippen LogP contribution in [-0.2, 0) is 0 Å². The highest BCUT2D eigenvalue weighted by atomic mass is 16.2. The van der Waals surface area contributed by atoms with E-state index >= 15 is 0 Å². The molecule has 0 bridgehead atoms. The van der Waals surface area contributed by atoms with Gasteiger partial charge in [0.1, 0.15) is 5.82 Å². The predicted molar refractivity (Wildman–Crippen MR) is 116 cm³/mol. The Morgan fingerprint density at radius 3 is 2.28 bits per heavy atom. The maximum Gasteiger partial charge on any atom is 0.265 e. The van der Waals surface area contributed by atoms with Gasteiger partial charge in [-0.25, -0.2) is 4.98 Å². The van der Waals surface area contributed by atoms with E-state index in [1.165, 1.54) is 0 Å². The second-order valence-electron chi connectivity index (χ2n) is 6.75. The molecule has 0 aliphatic carbocycles. The first-order chi connectivity index (χ1) is 14.1. The number of carbonyl (C=O) groups excluding carboxylic acids is 1. The molecule has 0 saturated heterocycles. The molecule has 1 aromatic heterocycles. The largest absolute Gasteiger partial charge is 0.309 e. The van der Waals surface area contributed by atoms with Crippen molar-refractivity contribution in [2.24, 2.45) is 0 Å². The Bertz CT molecular complexity index is 1230. The first-order valence-corrected chi connectivity index (χ1v) is 9.56. The number of hydrogen-bond donors (Lipinski definition) is 0. The molecule has 0 aliphatic heterocycles. The van der Waals surface area contributed by atoms with Crippen LogP contribution < -0.4 is 10.5 Å². The Balaban J connectivity index is 1.71. The Labute approximate surface area is 168 Å². The van der Waals surface area contributed by atoms with E-state index in [1.54, 1.807) is 46.7 Å². The van der Waals surface area contributed by atoms with Crippen molar-refractivity contribution in [3.05, 3.63) is 101 Å². The van der Waals surface area contributed by atoms with Crippen LogP contribution in [0.2, 0.25) is 0 Å². The van der Waals surface area contributed by atoms with Crippen molar-refractivity contribution in [3.63, 3.8) is 0 Å². The van der Waals surface area contributed by atoms with Gasteiger partial charge in [0.15, 0.2) is 0 Å². The van der Waals surface area contributed by atoms with Crippen molar-refractivity contribution in [1.29, 1.82) is 0 Å². The number of aryl methyl sites for hydroxylation is 1. The Hall–Kier alpha value is -3.73. The van der Waals surface area contributed by atoms with Gasteiger partial charge in [-0.05, 0) is 62.4 Å². The fourth-order valence-corrected chi connectivity index (χ4v) is 3.51. The third-order valence-electron chi connectivity index (χ3n) is 4.95. The molecule has 1 amide bonds. The molecule has 0 radical (unpaired) electrons. The van der Waals surface area contributed by atoms with Gasteiger partial charge in [0, 0.05) is 17.8 Å². The molecule has 29 heavy (non-hydrogen) atoms. The third-order valence-corrected chi connectivity index (χ3v) is 4.95. The van der Waals surface area contributed by atoms with E-state index in [0.29, 0.717) is 34.5 Å². The molecule has 1 heterocycles. The lowest BCUT2D eigenvalue weighted by Gasteiger charge is -2.21. The summed E-state index contributed by atoms with van der Waals surface area (Å²) in [6, 6.07) is 24.0. The highest BCUT2D eigenvalue weighted by molar-refractivity contribution is 6.06. The molecule has 0 saturated carbocycles. The van der Waals surface area contributed by atoms with E-state index in [4.69, 9.17) is 0 Å². The number of fused-ring (bicyclic) bond motifs is 1. The van der Waals surface area contributed by atoms with Crippen molar-refractivity contribution in [1.82, 2.24) is 9.55 Å². The van der Waals surface area contributed by atoms with Crippen LogP contribution in [0.3, 0.4) is 0 Å². The van der Waals surface area contributed by atoms with Crippen LogP contribution in [0, 0.1) is 6.92 Å². The van der Waals surface area contributed by atoms with Gasteiger partial charge >= 0.3 is 0 Å². The molecule has 4 rings (SSSR count). The second-order valence-corrected chi connectivity index (χ2v) is 6.75. The lowest BCUT2D eigenvalue weighted by atomic mass is 10.1. The molecule has 5 nitrogen and oxygen atoms in total. The lowest BCUT2D eigenvalue weighted by Crippen LogP contribution is -2.30. The van der Waals surface area contributed by atoms with E-state index in [0.717, 1.165) is 5.69 Å². The average Bonchev–Trinajstić information content (AvgIpc) is 2.75. The second kappa shape index (κ2) is 7.72. The Morgan fingerprint density at radius 1 is 0.931 bits per heavy atom. The number of nitrogens with zero attached hydrogens (tertiary/aromatic N) is 3. The maximum atomic E-state index is 13.0. The number of carbonyl (C=O) groups is 1. The van der Waals surface area contributed by atoms with Crippen molar-refractivity contribution < 1.29 is 4.79 Å². The van der Waals surface area contributed by atoms with Gasteiger partial charge < -0.3 is 4.90 Å². The van der Waals surface area contributed by atoms with Gasteiger partial charge in [-0.15, -0.1) is 0 Å². The molecule has 0 unspecified atom stereocenters. The van der Waals surface area contributed by atoms with Crippen LogP contribution in [0.25, 0.3) is 16.6 Å². The SMILES string of the molecule is CCN(C(=O)c1ccc(-n2c(C)nc3ccccc3c2=O)cc1)c1ccccc1. The number of aromatic nitrogens is 2. The molecule has 3 aromatic carbocycles. The number of hydrogen-bond acceptors (Lipinski definition) is 3. The van der Waals surface area contributed by atoms with Gasteiger partial charge in [-0.3, -0.25) is 14.2 Å². The van der Waals surface area contributed by atoms with Gasteiger partial charge in [-0.1, -0.05) is 30.3 Å². The zero-order chi connectivity index (χ0) is 20.4. The fraction of sp³-hybridized carbons (Fsp3) is 0.125.